The van der Waals surface area contributed by atoms with E-state index in [1.165, 1.54) is 12.1 Å². The molecule has 116 valence electrons. The number of para-hydroxylation sites is 1. The number of nitro benzene ring substituents is 1. The predicted molar refractivity (Wildman–Crippen MR) is 85.4 cm³/mol. The molecule has 1 rings (SSSR count). The molecular formula is C14H20N2O4S. The summed E-state index contributed by atoms with van der Waals surface area (Å²) in [6.45, 7) is 4.69. The minimum atomic E-state index is -1.30. The van der Waals surface area contributed by atoms with E-state index in [1.54, 1.807) is 17.8 Å². The number of carboxylic acids is 1. The lowest BCUT2D eigenvalue weighted by molar-refractivity contribution is -0.384. The summed E-state index contributed by atoms with van der Waals surface area (Å²) < 4.78 is -0.0207. The van der Waals surface area contributed by atoms with Crippen LogP contribution in [0.25, 0.3) is 0 Å². The van der Waals surface area contributed by atoms with Crippen LogP contribution in [0.5, 0.6) is 0 Å². The van der Waals surface area contributed by atoms with E-state index in [4.69, 9.17) is 5.11 Å². The summed E-state index contributed by atoms with van der Waals surface area (Å²) in [5.41, 5.74) is -0.430. The van der Waals surface area contributed by atoms with Crippen LogP contribution in [0.1, 0.15) is 37.0 Å². The van der Waals surface area contributed by atoms with Crippen molar-refractivity contribution in [3.05, 3.63) is 33.9 Å². The number of nitro groups is 1. The van der Waals surface area contributed by atoms with Crippen molar-refractivity contribution in [1.29, 1.82) is 0 Å². The van der Waals surface area contributed by atoms with Crippen LogP contribution >= 0.6 is 11.8 Å². The first-order valence-electron chi connectivity index (χ1n) is 6.70. The van der Waals surface area contributed by atoms with E-state index < -0.39 is 10.9 Å². The molecule has 0 saturated carbocycles. The van der Waals surface area contributed by atoms with Crippen LogP contribution in [-0.2, 0) is 0 Å². The molecule has 0 heterocycles. The molecule has 0 bridgehead atoms. The molecule has 0 saturated heterocycles. The molecule has 0 aliphatic carbocycles. The van der Waals surface area contributed by atoms with E-state index in [-0.39, 0.29) is 21.7 Å². The Bertz CT molecular complexity index is 521. The van der Waals surface area contributed by atoms with Gasteiger partial charge < -0.3 is 10.4 Å². The van der Waals surface area contributed by atoms with Crippen molar-refractivity contribution < 1.29 is 14.8 Å². The van der Waals surface area contributed by atoms with Gasteiger partial charge >= 0.3 is 11.7 Å². The second-order valence-corrected chi connectivity index (χ2v) is 5.99. The second-order valence-electron chi connectivity index (χ2n) is 4.71. The van der Waals surface area contributed by atoms with Crippen LogP contribution in [0.2, 0.25) is 0 Å². The molecule has 0 unspecified atom stereocenters. The normalized spacial score (nSPS) is 11.2. The van der Waals surface area contributed by atoms with Crippen molar-refractivity contribution in [2.75, 3.05) is 18.1 Å². The van der Waals surface area contributed by atoms with Gasteiger partial charge in [-0.15, -0.1) is 0 Å². The third-order valence-corrected chi connectivity index (χ3v) is 5.36. The Hall–Kier alpha value is -1.76. The largest absolute Gasteiger partial charge is 0.477 e. The van der Waals surface area contributed by atoms with Crippen molar-refractivity contribution in [2.24, 2.45) is 0 Å². The second kappa shape index (κ2) is 7.31. The van der Waals surface area contributed by atoms with E-state index in [1.807, 2.05) is 6.26 Å². The quantitative estimate of drug-likeness (QED) is 0.562. The third-order valence-electron chi connectivity index (χ3n) is 3.77. The number of rotatable bonds is 8. The van der Waals surface area contributed by atoms with E-state index in [0.29, 0.717) is 6.54 Å². The van der Waals surface area contributed by atoms with Crippen molar-refractivity contribution >= 4 is 29.1 Å². The first-order chi connectivity index (χ1) is 9.90. The molecule has 0 spiro atoms. The molecule has 1 aromatic rings. The number of aromatic carboxylic acids is 1. The Kier molecular flexibility index (Phi) is 6.02. The van der Waals surface area contributed by atoms with Crippen molar-refractivity contribution in [3.8, 4) is 0 Å². The first-order valence-corrected chi connectivity index (χ1v) is 7.93. The number of carboxylic acid groups (broad SMARTS) is 1. The topological polar surface area (TPSA) is 92.5 Å². The molecular weight excluding hydrogens is 292 g/mol. The predicted octanol–water partition coefficient (Wildman–Crippen LogP) is 3.63. The summed E-state index contributed by atoms with van der Waals surface area (Å²) in [5, 5.41) is 23.3. The lowest BCUT2D eigenvalue weighted by atomic mass is 10.0. The zero-order chi connectivity index (χ0) is 16.0. The molecule has 2 N–H and O–H groups in total. The van der Waals surface area contributed by atoms with Crippen LogP contribution in [0, 0.1) is 10.1 Å². The highest BCUT2D eigenvalue weighted by molar-refractivity contribution is 8.00. The minimum Gasteiger partial charge on any atom is -0.477 e. The standard InChI is InChI=1S/C14H20N2O4S/c1-4-14(5-2,21-3)9-15-11-8-6-7-10(13(17)18)12(11)16(19)20/h6-8,15H,4-5,9H2,1-3H3,(H,17,18). The molecule has 1 aromatic carbocycles. The van der Waals surface area contributed by atoms with Crippen LogP contribution in [-0.4, -0.2) is 33.5 Å². The number of nitrogens with one attached hydrogen (secondary N) is 1. The maximum absolute atomic E-state index is 11.2. The van der Waals surface area contributed by atoms with Crippen LogP contribution in [0.3, 0.4) is 0 Å². The molecule has 0 aliphatic rings. The summed E-state index contributed by atoms with van der Waals surface area (Å²) in [4.78, 5) is 21.6. The average molecular weight is 312 g/mol. The summed E-state index contributed by atoms with van der Waals surface area (Å²) in [6.07, 6.45) is 3.85. The number of anilines is 1. The van der Waals surface area contributed by atoms with Crippen LogP contribution < -0.4 is 5.32 Å². The smallest absolute Gasteiger partial charge is 0.342 e. The van der Waals surface area contributed by atoms with Gasteiger partial charge in [-0.2, -0.15) is 11.8 Å². The van der Waals surface area contributed by atoms with Crippen molar-refractivity contribution in [2.45, 2.75) is 31.4 Å². The summed E-state index contributed by atoms with van der Waals surface area (Å²) >= 11 is 1.71. The summed E-state index contributed by atoms with van der Waals surface area (Å²) in [5.74, 6) is -1.30. The maximum atomic E-state index is 11.2. The highest BCUT2D eigenvalue weighted by Gasteiger charge is 2.28. The number of nitrogens with zero attached hydrogens (tertiary/aromatic N) is 1. The fourth-order valence-corrected chi connectivity index (χ4v) is 2.97. The fraction of sp³-hybridized carbons (Fsp3) is 0.500. The minimum absolute atomic E-state index is 0.0207. The van der Waals surface area contributed by atoms with Gasteiger partial charge in [0.2, 0.25) is 0 Å². The zero-order valence-corrected chi connectivity index (χ0v) is 13.2. The van der Waals surface area contributed by atoms with Gasteiger partial charge in [0.15, 0.2) is 0 Å². The maximum Gasteiger partial charge on any atom is 0.342 e. The van der Waals surface area contributed by atoms with E-state index in [9.17, 15) is 14.9 Å². The number of thioether (sulfide) groups is 1. The van der Waals surface area contributed by atoms with Gasteiger partial charge in [0.25, 0.3) is 0 Å². The van der Waals surface area contributed by atoms with Crippen LogP contribution in [0.4, 0.5) is 11.4 Å². The molecule has 0 fully saturated rings. The molecule has 0 aromatic heterocycles. The van der Waals surface area contributed by atoms with Gasteiger partial charge in [-0.3, -0.25) is 10.1 Å². The molecule has 0 atom stereocenters. The monoisotopic (exact) mass is 312 g/mol. The van der Waals surface area contributed by atoms with Gasteiger partial charge in [-0.1, -0.05) is 19.9 Å². The highest BCUT2D eigenvalue weighted by Crippen LogP contribution is 2.33. The molecule has 0 radical (unpaired) electrons. The van der Waals surface area contributed by atoms with E-state index in [2.05, 4.69) is 19.2 Å². The van der Waals surface area contributed by atoms with Gasteiger partial charge in [-0.05, 0) is 31.2 Å². The number of hydrogen-bond acceptors (Lipinski definition) is 5. The number of carbonyl (C=O) groups is 1. The third kappa shape index (κ3) is 3.87. The number of hydrogen-bond donors (Lipinski definition) is 2. The Labute approximate surface area is 128 Å². The molecule has 0 amide bonds. The Morgan fingerprint density at radius 3 is 2.48 bits per heavy atom. The lowest BCUT2D eigenvalue weighted by Gasteiger charge is -2.30. The summed E-state index contributed by atoms with van der Waals surface area (Å²) in [6, 6.07) is 4.30. The van der Waals surface area contributed by atoms with Crippen LogP contribution in [0.15, 0.2) is 18.2 Å². The van der Waals surface area contributed by atoms with Gasteiger partial charge in [0.1, 0.15) is 11.3 Å². The Balaban J connectivity index is 3.12. The molecule has 6 nitrogen and oxygen atoms in total. The van der Waals surface area contributed by atoms with Gasteiger partial charge in [-0.25, -0.2) is 4.79 Å². The van der Waals surface area contributed by atoms with Gasteiger partial charge in [0, 0.05) is 11.3 Å². The lowest BCUT2D eigenvalue weighted by Crippen LogP contribution is -2.32. The molecule has 21 heavy (non-hydrogen) atoms. The SMILES string of the molecule is CCC(CC)(CNc1cccc(C(=O)O)c1[N+](=O)[O-])SC. The highest BCUT2D eigenvalue weighted by atomic mass is 32.2. The zero-order valence-electron chi connectivity index (χ0n) is 12.4. The van der Waals surface area contributed by atoms with Gasteiger partial charge in [0.05, 0.1) is 4.92 Å². The average Bonchev–Trinajstić information content (AvgIpc) is 2.48. The Morgan fingerprint density at radius 1 is 1.43 bits per heavy atom. The Morgan fingerprint density at radius 2 is 2.05 bits per heavy atom. The van der Waals surface area contributed by atoms with Crippen molar-refractivity contribution in [1.82, 2.24) is 0 Å². The summed E-state index contributed by atoms with van der Waals surface area (Å²) in [7, 11) is 0. The molecule has 0 aliphatic heterocycles. The first kappa shape index (κ1) is 17.3. The fourth-order valence-electron chi connectivity index (χ4n) is 2.17. The van der Waals surface area contributed by atoms with E-state index >= 15 is 0 Å². The molecule has 7 heteroatoms. The van der Waals surface area contributed by atoms with E-state index in [0.717, 1.165) is 12.8 Å². The van der Waals surface area contributed by atoms with Crippen molar-refractivity contribution in [3.63, 3.8) is 0 Å². The number of benzene rings is 1.